The van der Waals surface area contributed by atoms with Crippen LogP contribution in [0.1, 0.15) is 0 Å². The molecule has 1 heterocycles. The standard InChI is InChI=1S/C9H18O10S2/c1-14-9-8(19-21(13)16-3)7(11)6(10)5(18-9)4-17-20(12)15-2/h5-11H,4H2,1-3H3/t5-,6+,7+,8-,9+,20-,21-/m0/s1. The Kier molecular flexibility index (Phi) is 8.33. The zero-order valence-corrected chi connectivity index (χ0v) is 13.2. The monoisotopic (exact) mass is 350 g/mol. The van der Waals surface area contributed by atoms with Gasteiger partial charge in [0.05, 0.1) is 20.8 Å². The minimum absolute atomic E-state index is 0.321. The van der Waals surface area contributed by atoms with E-state index < -0.39 is 53.4 Å². The number of ether oxygens (including phenoxy) is 2. The number of aliphatic hydroxyl groups excluding tert-OH is 2. The fraction of sp³-hybridized carbons (Fsp3) is 1.00. The Balaban J connectivity index is 2.70. The molecular formula is C9H18O10S2. The Morgan fingerprint density at radius 1 is 1.05 bits per heavy atom. The number of aliphatic hydroxyl groups is 2. The molecule has 0 aromatic carbocycles. The Labute approximate surface area is 127 Å². The topological polar surface area (TPSA) is 130 Å². The van der Waals surface area contributed by atoms with Crippen molar-refractivity contribution in [3.05, 3.63) is 0 Å². The van der Waals surface area contributed by atoms with Crippen LogP contribution in [0.15, 0.2) is 0 Å². The summed E-state index contributed by atoms with van der Waals surface area (Å²) in [6.45, 7) is -0.321. The second-order valence-electron chi connectivity index (χ2n) is 3.85. The van der Waals surface area contributed by atoms with Crippen molar-refractivity contribution in [2.45, 2.75) is 30.7 Å². The average molecular weight is 350 g/mol. The average Bonchev–Trinajstić information content (AvgIpc) is 2.50. The maximum Gasteiger partial charge on any atom is 0.304 e. The first kappa shape index (κ1) is 19.0. The number of hydrogen-bond donors (Lipinski definition) is 2. The van der Waals surface area contributed by atoms with Crippen LogP contribution in [-0.2, 0) is 48.9 Å². The van der Waals surface area contributed by atoms with Crippen molar-refractivity contribution in [1.29, 1.82) is 0 Å². The van der Waals surface area contributed by atoms with Crippen LogP contribution >= 0.6 is 0 Å². The Morgan fingerprint density at radius 2 is 1.67 bits per heavy atom. The SMILES string of the molecule is CO[C@@H]1O[C@@H](CO[S@@](=O)OC)[C@@H](O)[C@@H](O)[C@@H]1O[S@@](=O)OC. The van der Waals surface area contributed by atoms with Crippen LogP contribution in [0.4, 0.5) is 0 Å². The van der Waals surface area contributed by atoms with Crippen LogP contribution in [0.3, 0.4) is 0 Å². The first-order valence-corrected chi connectivity index (χ1v) is 7.71. The van der Waals surface area contributed by atoms with Crippen molar-refractivity contribution in [2.75, 3.05) is 27.9 Å². The van der Waals surface area contributed by atoms with Crippen molar-refractivity contribution in [3.8, 4) is 0 Å². The van der Waals surface area contributed by atoms with Crippen molar-refractivity contribution in [3.63, 3.8) is 0 Å². The van der Waals surface area contributed by atoms with E-state index in [0.717, 1.165) is 7.11 Å². The Bertz CT molecular complexity index is 362. The van der Waals surface area contributed by atoms with Crippen LogP contribution in [0.25, 0.3) is 0 Å². The molecule has 12 heteroatoms. The van der Waals surface area contributed by atoms with Gasteiger partial charge in [0.1, 0.15) is 18.3 Å². The molecule has 2 N–H and O–H groups in total. The van der Waals surface area contributed by atoms with Gasteiger partial charge in [-0.25, -0.2) is 0 Å². The molecule has 0 spiro atoms. The van der Waals surface area contributed by atoms with Crippen molar-refractivity contribution >= 4 is 22.7 Å². The van der Waals surface area contributed by atoms with Crippen LogP contribution in [-0.4, -0.2) is 77.3 Å². The fourth-order valence-corrected chi connectivity index (χ4v) is 2.44. The van der Waals surface area contributed by atoms with E-state index in [-0.39, 0.29) is 6.61 Å². The van der Waals surface area contributed by atoms with E-state index in [4.69, 9.17) is 17.8 Å². The largest absolute Gasteiger partial charge is 0.387 e. The van der Waals surface area contributed by atoms with Crippen molar-refractivity contribution in [2.24, 2.45) is 0 Å². The molecule has 0 saturated carbocycles. The molecule has 0 bridgehead atoms. The molecule has 0 aliphatic carbocycles. The molecule has 0 amide bonds. The second kappa shape index (κ2) is 9.19. The lowest BCUT2D eigenvalue weighted by molar-refractivity contribution is -0.286. The quantitative estimate of drug-likeness (QED) is 0.503. The van der Waals surface area contributed by atoms with Crippen LogP contribution in [0, 0.1) is 0 Å². The highest BCUT2D eigenvalue weighted by atomic mass is 32.2. The van der Waals surface area contributed by atoms with E-state index in [2.05, 4.69) is 8.37 Å². The molecule has 7 atom stereocenters. The molecule has 10 nitrogen and oxygen atoms in total. The molecule has 0 unspecified atom stereocenters. The summed E-state index contributed by atoms with van der Waals surface area (Å²) >= 11 is -4.14. The van der Waals surface area contributed by atoms with E-state index >= 15 is 0 Å². The zero-order chi connectivity index (χ0) is 16.0. The number of hydrogen-bond acceptors (Lipinski definition) is 10. The van der Waals surface area contributed by atoms with E-state index in [9.17, 15) is 18.6 Å². The molecule has 0 aromatic rings. The molecule has 1 saturated heterocycles. The predicted octanol–water partition coefficient (Wildman–Crippen LogP) is -2.07. The van der Waals surface area contributed by atoms with Gasteiger partial charge in [-0.05, 0) is 0 Å². The molecule has 21 heavy (non-hydrogen) atoms. The summed E-state index contributed by atoms with van der Waals surface area (Å²) in [5.74, 6) is 0. The van der Waals surface area contributed by atoms with Crippen molar-refractivity contribution in [1.82, 2.24) is 0 Å². The number of methoxy groups -OCH3 is 1. The molecular weight excluding hydrogens is 332 g/mol. The Morgan fingerprint density at radius 3 is 2.19 bits per heavy atom. The van der Waals surface area contributed by atoms with Gasteiger partial charge >= 0.3 is 22.7 Å². The molecule has 1 aliphatic heterocycles. The molecule has 0 aromatic heterocycles. The lowest BCUT2D eigenvalue weighted by atomic mass is 9.99. The summed E-state index contributed by atoms with van der Waals surface area (Å²) in [4.78, 5) is 0. The molecule has 126 valence electrons. The molecule has 1 aliphatic rings. The van der Waals surface area contributed by atoms with E-state index in [0.29, 0.717) is 0 Å². The normalized spacial score (nSPS) is 36.3. The summed E-state index contributed by atoms with van der Waals surface area (Å²) in [5.41, 5.74) is 0. The van der Waals surface area contributed by atoms with Crippen LogP contribution in [0.5, 0.6) is 0 Å². The molecule has 1 rings (SSSR count). The maximum atomic E-state index is 11.2. The number of rotatable bonds is 8. The van der Waals surface area contributed by atoms with Crippen LogP contribution < -0.4 is 0 Å². The van der Waals surface area contributed by atoms with Gasteiger partial charge in [-0.1, -0.05) is 0 Å². The van der Waals surface area contributed by atoms with Crippen LogP contribution in [0.2, 0.25) is 0 Å². The smallest absolute Gasteiger partial charge is 0.304 e. The van der Waals surface area contributed by atoms with E-state index in [1.165, 1.54) is 14.2 Å². The molecule has 0 radical (unpaired) electrons. The predicted molar refractivity (Wildman–Crippen MR) is 68.8 cm³/mol. The van der Waals surface area contributed by atoms with E-state index in [1.54, 1.807) is 0 Å². The summed E-state index contributed by atoms with van der Waals surface area (Å²) in [7, 11) is 3.58. The highest BCUT2D eigenvalue weighted by molar-refractivity contribution is 7.75. The third-order valence-corrected chi connectivity index (χ3v) is 3.92. The summed E-state index contributed by atoms with van der Waals surface area (Å²) in [6, 6.07) is 0. The minimum atomic E-state index is -2.14. The van der Waals surface area contributed by atoms with Gasteiger partial charge in [0, 0.05) is 7.11 Å². The third kappa shape index (κ3) is 5.28. The van der Waals surface area contributed by atoms with E-state index in [1.807, 2.05) is 0 Å². The lowest BCUT2D eigenvalue weighted by Gasteiger charge is -2.40. The van der Waals surface area contributed by atoms with Gasteiger partial charge in [0.2, 0.25) is 0 Å². The van der Waals surface area contributed by atoms with Gasteiger partial charge in [0.25, 0.3) is 0 Å². The summed E-state index contributed by atoms with van der Waals surface area (Å²) < 4.78 is 50.9. The van der Waals surface area contributed by atoms with Gasteiger partial charge in [-0.15, -0.1) is 0 Å². The zero-order valence-electron chi connectivity index (χ0n) is 11.6. The summed E-state index contributed by atoms with van der Waals surface area (Å²) in [5, 5.41) is 19.9. The Hall–Kier alpha value is -0.0200. The lowest BCUT2D eigenvalue weighted by Crippen LogP contribution is -2.60. The molecule has 1 fully saturated rings. The first-order valence-electron chi connectivity index (χ1n) is 5.71. The second-order valence-corrected chi connectivity index (χ2v) is 5.76. The third-order valence-electron chi connectivity index (χ3n) is 2.67. The van der Waals surface area contributed by atoms with Gasteiger partial charge in [-0.3, -0.25) is 16.7 Å². The fourth-order valence-electron chi connectivity index (χ4n) is 1.64. The minimum Gasteiger partial charge on any atom is -0.387 e. The maximum absolute atomic E-state index is 11.2. The first-order chi connectivity index (χ1) is 9.94. The van der Waals surface area contributed by atoms with Gasteiger partial charge < -0.3 is 19.7 Å². The van der Waals surface area contributed by atoms with Crippen molar-refractivity contribution < 1.29 is 44.8 Å². The summed E-state index contributed by atoms with van der Waals surface area (Å²) in [6.07, 6.45) is -6.33. The van der Waals surface area contributed by atoms with Gasteiger partial charge in [-0.2, -0.15) is 8.42 Å². The highest BCUT2D eigenvalue weighted by Gasteiger charge is 2.47. The highest BCUT2D eigenvalue weighted by Crippen LogP contribution is 2.25. The van der Waals surface area contributed by atoms with Gasteiger partial charge in [0.15, 0.2) is 12.4 Å².